The molecule has 0 saturated heterocycles. The van der Waals surface area contributed by atoms with Crippen LogP contribution in [0.2, 0.25) is 10.0 Å². The van der Waals surface area contributed by atoms with Gasteiger partial charge in [-0.1, -0.05) is 83.9 Å². The summed E-state index contributed by atoms with van der Waals surface area (Å²) in [7, 11) is 0. The lowest BCUT2D eigenvalue weighted by Crippen LogP contribution is -1.96. The normalized spacial score (nSPS) is 11.3. The van der Waals surface area contributed by atoms with E-state index >= 15 is 0 Å². The minimum absolute atomic E-state index is 0.443. The van der Waals surface area contributed by atoms with Gasteiger partial charge in [0, 0.05) is 10.6 Å². The van der Waals surface area contributed by atoms with E-state index in [1.807, 2.05) is 42.5 Å². The highest BCUT2D eigenvalue weighted by molar-refractivity contribution is 6.36. The Kier molecular flexibility index (Phi) is 6.05. The lowest BCUT2D eigenvalue weighted by molar-refractivity contribution is 0.307. The molecular weight excluding hydrogens is 413 g/mol. The van der Waals surface area contributed by atoms with Crippen LogP contribution in [0.4, 0.5) is 0 Å². The molecule has 0 aliphatic carbocycles. The Morgan fingerprint density at radius 1 is 0.900 bits per heavy atom. The third kappa shape index (κ3) is 4.49. The van der Waals surface area contributed by atoms with E-state index in [0.717, 1.165) is 16.9 Å². The summed E-state index contributed by atoms with van der Waals surface area (Å²) >= 11 is 12.2. The third-order valence-electron chi connectivity index (χ3n) is 4.79. The predicted octanol–water partition coefficient (Wildman–Crippen LogP) is 7.79. The van der Waals surface area contributed by atoms with Gasteiger partial charge in [-0.3, -0.25) is 0 Å². The fourth-order valence-electron chi connectivity index (χ4n) is 3.32. The van der Waals surface area contributed by atoms with Crippen molar-refractivity contribution in [3.05, 3.63) is 112 Å². The highest BCUT2D eigenvalue weighted by atomic mass is 35.5. The summed E-state index contributed by atoms with van der Waals surface area (Å²) in [6, 6.07) is 29.4. The largest absolute Gasteiger partial charge is 0.489 e. The van der Waals surface area contributed by atoms with Gasteiger partial charge < -0.3 is 4.74 Å². The number of fused-ring (bicyclic) bond motifs is 1. The van der Waals surface area contributed by atoms with Crippen LogP contribution < -0.4 is 4.74 Å². The first kappa shape index (κ1) is 20.0. The fourth-order valence-corrected chi connectivity index (χ4v) is 3.83. The van der Waals surface area contributed by atoms with Gasteiger partial charge in [0.15, 0.2) is 0 Å². The molecule has 0 fully saturated rings. The molecule has 0 N–H and O–H groups in total. The van der Waals surface area contributed by atoms with Crippen molar-refractivity contribution in [3.63, 3.8) is 0 Å². The number of benzene rings is 4. The van der Waals surface area contributed by atoms with E-state index in [9.17, 15) is 5.26 Å². The van der Waals surface area contributed by atoms with E-state index in [4.69, 9.17) is 27.9 Å². The molecule has 146 valence electrons. The molecular formula is C26H17Cl2NO. The number of halogens is 2. The van der Waals surface area contributed by atoms with Crippen LogP contribution in [-0.4, -0.2) is 0 Å². The van der Waals surface area contributed by atoms with Crippen LogP contribution in [-0.2, 0) is 6.61 Å². The molecule has 0 aliphatic rings. The molecule has 4 heteroatoms. The van der Waals surface area contributed by atoms with E-state index in [1.54, 1.807) is 24.3 Å². The summed E-state index contributed by atoms with van der Waals surface area (Å²) in [4.78, 5) is 0. The summed E-state index contributed by atoms with van der Waals surface area (Å²) < 4.78 is 6.05. The summed E-state index contributed by atoms with van der Waals surface area (Å²) in [5.41, 5.74) is 3.08. The van der Waals surface area contributed by atoms with E-state index < -0.39 is 0 Å². The quantitative estimate of drug-likeness (QED) is 0.239. The minimum atomic E-state index is 0.443. The lowest BCUT2D eigenvalue weighted by atomic mass is 10.0. The zero-order chi connectivity index (χ0) is 20.9. The van der Waals surface area contributed by atoms with Crippen LogP contribution in [0.1, 0.15) is 16.7 Å². The van der Waals surface area contributed by atoms with E-state index in [-0.39, 0.29) is 0 Å². The maximum absolute atomic E-state index is 9.62. The molecule has 0 heterocycles. The number of allylic oxidation sites excluding steroid dienone is 1. The second kappa shape index (κ2) is 9.05. The van der Waals surface area contributed by atoms with Crippen LogP contribution >= 0.6 is 23.2 Å². The molecule has 0 aliphatic heterocycles. The molecule has 0 aromatic heterocycles. The smallest absolute Gasteiger partial charge is 0.120 e. The maximum atomic E-state index is 9.62. The van der Waals surface area contributed by atoms with Crippen molar-refractivity contribution in [2.45, 2.75) is 6.61 Å². The average molecular weight is 430 g/mol. The van der Waals surface area contributed by atoms with Crippen molar-refractivity contribution in [3.8, 4) is 11.8 Å². The molecule has 30 heavy (non-hydrogen) atoms. The van der Waals surface area contributed by atoms with Crippen molar-refractivity contribution in [1.29, 1.82) is 5.26 Å². The number of ether oxygens (including phenoxy) is 1. The van der Waals surface area contributed by atoms with Crippen LogP contribution in [0.25, 0.3) is 22.4 Å². The molecule has 0 saturated carbocycles. The van der Waals surface area contributed by atoms with Gasteiger partial charge in [-0.25, -0.2) is 0 Å². The second-order valence-electron chi connectivity index (χ2n) is 6.79. The van der Waals surface area contributed by atoms with Gasteiger partial charge >= 0.3 is 0 Å². The highest BCUT2D eigenvalue weighted by Gasteiger charge is 2.08. The Labute approximate surface area is 185 Å². The van der Waals surface area contributed by atoms with Crippen molar-refractivity contribution in [2.24, 2.45) is 0 Å². The molecule has 0 radical (unpaired) electrons. The lowest BCUT2D eigenvalue weighted by Gasteiger charge is -2.10. The number of rotatable bonds is 5. The first-order valence-electron chi connectivity index (χ1n) is 9.41. The molecule has 4 aromatic rings. The van der Waals surface area contributed by atoms with Gasteiger partial charge in [-0.15, -0.1) is 0 Å². The molecule has 0 atom stereocenters. The Balaban J connectivity index is 1.58. The van der Waals surface area contributed by atoms with Gasteiger partial charge in [0.05, 0.1) is 16.7 Å². The molecule has 0 bridgehead atoms. The topological polar surface area (TPSA) is 33.0 Å². The first-order chi connectivity index (χ1) is 14.6. The number of hydrogen-bond donors (Lipinski definition) is 0. The number of hydrogen-bond acceptors (Lipinski definition) is 2. The average Bonchev–Trinajstić information content (AvgIpc) is 2.77. The van der Waals surface area contributed by atoms with E-state index in [0.29, 0.717) is 27.8 Å². The van der Waals surface area contributed by atoms with Gasteiger partial charge in [0.2, 0.25) is 0 Å². The maximum Gasteiger partial charge on any atom is 0.120 e. The van der Waals surface area contributed by atoms with Gasteiger partial charge in [-0.2, -0.15) is 5.26 Å². The van der Waals surface area contributed by atoms with Crippen LogP contribution in [0.15, 0.2) is 84.9 Å². The molecule has 2 nitrogen and oxygen atoms in total. The molecule has 0 unspecified atom stereocenters. The number of nitriles is 1. The van der Waals surface area contributed by atoms with Crippen LogP contribution in [0.5, 0.6) is 5.75 Å². The zero-order valence-electron chi connectivity index (χ0n) is 16.0. The molecule has 0 spiro atoms. The Bertz CT molecular complexity index is 1280. The Morgan fingerprint density at radius 2 is 1.70 bits per heavy atom. The second-order valence-corrected chi connectivity index (χ2v) is 7.64. The standard InChI is InChI=1S/C26H17Cl2NO/c27-22-11-12-25(26(28)15-22)21(16-29)13-18-5-3-9-23(14-18)30-17-20-8-4-7-19-6-1-2-10-24(19)20/h1-15H,17H2/b21-13+. The third-order valence-corrected chi connectivity index (χ3v) is 5.33. The van der Waals surface area contributed by atoms with Gasteiger partial charge in [0.25, 0.3) is 0 Å². The van der Waals surface area contributed by atoms with Crippen molar-refractivity contribution < 1.29 is 4.74 Å². The Morgan fingerprint density at radius 3 is 2.53 bits per heavy atom. The number of nitrogens with zero attached hydrogens (tertiary/aromatic N) is 1. The van der Waals surface area contributed by atoms with E-state index in [2.05, 4.69) is 30.3 Å². The summed E-state index contributed by atoms with van der Waals surface area (Å²) in [6.07, 6.45) is 1.79. The van der Waals surface area contributed by atoms with E-state index in [1.165, 1.54) is 10.8 Å². The van der Waals surface area contributed by atoms with Crippen molar-refractivity contribution in [1.82, 2.24) is 0 Å². The van der Waals surface area contributed by atoms with Crippen molar-refractivity contribution in [2.75, 3.05) is 0 Å². The fraction of sp³-hybridized carbons (Fsp3) is 0.0385. The zero-order valence-corrected chi connectivity index (χ0v) is 17.5. The van der Waals surface area contributed by atoms with Crippen LogP contribution in [0, 0.1) is 11.3 Å². The van der Waals surface area contributed by atoms with Gasteiger partial charge in [-0.05, 0) is 52.2 Å². The van der Waals surface area contributed by atoms with Gasteiger partial charge in [0.1, 0.15) is 12.4 Å². The minimum Gasteiger partial charge on any atom is -0.489 e. The predicted molar refractivity (Wildman–Crippen MR) is 125 cm³/mol. The summed E-state index contributed by atoms with van der Waals surface area (Å²) in [6.45, 7) is 0.461. The monoisotopic (exact) mass is 429 g/mol. The first-order valence-corrected chi connectivity index (χ1v) is 10.2. The SMILES string of the molecule is N#C/C(=C\c1cccc(OCc2cccc3ccccc23)c1)c1ccc(Cl)cc1Cl. The molecule has 4 rings (SSSR count). The van der Waals surface area contributed by atoms with Crippen LogP contribution in [0.3, 0.4) is 0 Å². The Hall–Kier alpha value is -3.25. The summed E-state index contributed by atoms with van der Waals surface area (Å²) in [5, 5.41) is 13.0. The van der Waals surface area contributed by atoms with Crippen molar-refractivity contribution >= 4 is 45.6 Å². The molecule has 4 aromatic carbocycles. The highest BCUT2D eigenvalue weighted by Crippen LogP contribution is 2.29. The summed E-state index contributed by atoms with van der Waals surface area (Å²) in [5.74, 6) is 0.733. The molecule has 0 amide bonds.